The van der Waals surface area contributed by atoms with Gasteiger partial charge in [0.2, 0.25) is 17.7 Å². The van der Waals surface area contributed by atoms with Crippen LogP contribution in [0.15, 0.2) is 0 Å². The molecule has 12 heteroatoms. The molecule has 12 nitrogen and oxygen atoms in total. The fraction of sp³-hybridized carbons (Fsp3) is 0.940. The minimum absolute atomic E-state index is 0.0870. The molecule has 0 aromatic carbocycles. The number of unbranched alkanes of at least 4 members (excludes halogenated alkanes) is 47. The molecule has 3 amide bonds. The molecule has 0 rings (SSSR count). The molecule has 0 aliphatic heterocycles. The number of carbonyl (C=O) groups excluding carboxylic acids is 5. The van der Waals surface area contributed by atoms with Crippen molar-refractivity contribution in [3.63, 3.8) is 0 Å². The molecule has 0 radical (unpaired) electrons. The van der Waals surface area contributed by atoms with Crippen molar-refractivity contribution in [1.82, 2.24) is 36.0 Å². The van der Waals surface area contributed by atoms with Gasteiger partial charge in [0.25, 0.3) is 0 Å². The van der Waals surface area contributed by atoms with Gasteiger partial charge in [-0.05, 0) is 32.1 Å². The Morgan fingerprint density at radius 2 is 0.379 bits per heavy atom. The highest BCUT2D eigenvalue weighted by Crippen LogP contribution is 2.17. The fourth-order valence-electron chi connectivity index (χ4n) is 13.2. The zero-order chi connectivity index (χ0) is 69.1. The summed E-state index contributed by atoms with van der Waals surface area (Å²) in [6.07, 6.45) is 69.7. The van der Waals surface area contributed by atoms with Gasteiger partial charge in [-0.15, -0.1) is 0 Å². The maximum absolute atomic E-state index is 13.4. The number of rotatable bonds is 81. The summed E-state index contributed by atoms with van der Waals surface area (Å²) in [5.41, 5.74) is 0. The molecule has 0 spiro atoms. The predicted molar refractivity (Wildman–Crippen MR) is 412 cm³/mol. The standard InChI is InChI=1S/C83H165N7O5/c1-6-11-16-21-26-31-36-38-43-48-53-58-79(91)60-70-89(71-61-80(92)59-54-49-44-39-37-32-27-22-17-12-7-2)77-78-90(74-64-83(95)87-67-57-52-47-42-35-30-25-20-15-10-5)76-69-84-68-75-88(72-62-81(93)85-65-55-50-45-40-33-28-23-18-13-8-3)73-63-82(94)86-66-56-51-46-41-34-29-24-19-14-9-4/h84H,6-78H2,1-5H3,(H,85,93)(H,86,94)(H,87,95). The van der Waals surface area contributed by atoms with Crippen LogP contribution < -0.4 is 21.3 Å². The summed E-state index contributed by atoms with van der Waals surface area (Å²) in [5, 5.41) is 13.3. The van der Waals surface area contributed by atoms with Crippen LogP contribution >= 0.6 is 0 Å². The van der Waals surface area contributed by atoms with Crippen molar-refractivity contribution in [3.05, 3.63) is 0 Å². The van der Waals surface area contributed by atoms with E-state index >= 15 is 0 Å². The topological polar surface area (TPSA) is 143 Å². The molecule has 95 heavy (non-hydrogen) atoms. The van der Waals surface area contributed by atoms with E-state index < -0.39 is 0 Å². The molecule has 0 aliphatic carbocycles. The summed E-state index contributed by atoms with van der Waals surface area (Å²) in [6, 6.07) is 0. The molecular formula is C83H165N7O5. The van der Waals surface area contributed by atoms with E-state index in [0.29, 0.717) is 89.2 Å². The van der Waals surface area contributed by atoms with Gasteiger partial charge in [0, 0.05) is 137 Å². The van der Waals surface area contributed by atoms with Crippen LogP contribution in [0, 0.1) is 0 Å². The zero-order valence-corrected chi connectivity index (χ0v) is 64.5. The van der Waals surface area contributed by atoms with Crippen LogP contribution in [0.2, 0.25) is 0 Å². The molecule has 0 bridgehead atoms. The molecule has 0 aliphatic rings. The van der Waals surface area contributed by atoms with Gasteiger partial charge in [-0.1, -0.05) is 336 Å². The third-order valence-electron chi connectivity index (χ3n) is 20.0. The number of nitrogens with zero attached hydrogens (tertiary/aromatic N) is 3. The van der Waals surface area contributed by atoms with E-state index in [-0.39, 0.29) is 17.7 Å². The van der Waals surface area contributed by atoms with Gasteiger partial charge in [0.1, 0.15) is 11.6 Å². The lowest BCUT2D eigenvalue weighted by Gasteiger charge is -2.28. The summed E-state index contributed by atoms with van der Waals surface area (Å²) >= 11 is 0. The first-order valence-corrected chi connectivity index (χ1v) is 42.4. The highest BCUT2D eigenvalue weighted by atomic mass is 16.2. The first-order chi connectivity index (χ1) is 46.7. The quantitative estimate of drug-likeness (QED) is 0.0438. The number of amides is 3. The molecular weight excluding hydrogens is 1170 g/mol. The lowest BCUT2D eigenvalue weighted by Crippen LogP contribution is -2.42. The van der Waals surface area contributed by atoms with Gasteiger partial charge in [-0.3, -0.25) is 24.0 Å². The first kappa shape index (κ1) is 92.6. The van der Waals surface area contributed by atoms with E-state index in [2.05, 4.69) is 70.6 Å². The minimum Gasteiger partial charge on any atom is -0.356 e. The van der Waals surface area contributed by atoms with Crippen LogP contribution in [0.25, 0.3) is 0 Å². The Bertz CT molecular complexity index is 1550. The number of carbonyl (C=O) groups is 5. The Kier molecular flexibility index (Phi) is 75.4. The molecule has 562 valence electrons. The van der Waals surface area contributed by atoms with Gasteiger partial charge >= 0.3 is 0 Å². The van der Waals surface area contributed by atoms with Crippen molar-refractivity contribution in [3.8, 4) is 0 Å². The lowest BCUT2D eigenvalue weighted by molar-refractivity contribution is -0.122. The second kappa shape index (κ2) is 77.3. The zero-order valence-electron chi connectivity index (χ0n) is 64.5. The van der Waals surface area contributed by atoms with E-state index in [1.54, 1.807) is 0 Å². The van der Waals surface area contributed by atoms with Crippen molar-refractivity contribution in [2.24, 2.45) is 0 Å². The third kappa shape index (κ3) is 72.7. The second-order valence-electron chi connectivity index (χ2n) is 29.3. The van der Waals surface area contributed by atoms with Gasteiger partial charge in [0.05, 0.1) is 0 Å². The average molecular weight is 1340 g/mol. The summed E-state index contributed by atoms with van der Waals surface area (Å²) in [5.74, 6) is 0.949. The molecule has 0 saturated carbocycles. The minimum atomic E-state index is 0.0870. The van der Waals surface area contributed by atoms with Crippen molar-refractivity contribution >= 4 is 29.3 Å². The molecule has 0 fully saturated rings. The summed E-state index contributed by atoms with van der Waals surface area (Å²) < 4.78 is 0. The second-order valence-corrected chi connectivity index (χ2v) is 29.3. The summed E-state index contributed by atoms with van der Waals surface area (Å²) in [7, 11) is 0. The summed E-state index contributed by atoms with van der Waals surface area (Å²) in [6.45, 7) is 21.2. The molecule has 0 heterocycles. The van der Waals surface area contributed by atoms with E-state index in [1.165, 1.54) is 270 Å². The summed E-state index contributed by atoms with van der Waals surface area (Å²) in [4.78, 5) is 73.7. The van der Waals surface area contributed by atoms with E-state index in [9.17, 15) is 24.0 Å². The first-order valence-electron chi connectivity index (χ1n) is 42.4. The smallest absolute Gasteiger partial charge is 0.221 e. The fourth-order valence-corrected chi connectivity index (χ4v) is 13.2. The monoisotopic (exact) mass is 1340 g/mol. The van der Waals surface area contributed by atoms with Gasteiger partial charge < -0.3 is 36.0 Å². The Morgan fingerprint density at radius 3 is 0.621 bits per heavy atom. The van der Waals surface area contributed by atoms with Crippen LogP contribution in [0.1, 0.15) is 413 Å². The Hall–Kier alpha value is -2.41. The van der Waals surface area contributed by atoms with Crippen LogP contribution in [-0.2, 0) is 24.0 Å². The van der Waals surface area contributed by atoms with Crippen LogP contribution in [0.4, 0.5) is 0 Å². The maximum atomic E-state index is 13.4. The normalized spacial score (nSPS) is 11.7. The maximum Gasteiger partial charge on any atom is 0.221 e. The number of hydrogen-bond acceptors (Lipinski definition) is 9. The van der Waals surface area contributed by atoms with Crippen molar-refractivity contribution in [1.29, 1.82) is 0 Å². The molecule has 4 N–H and O–H groups in total. The van der Waals surface area contributed by atoms with Crippen molar-refractivity contribution < 1.29 is 24.0 Å². The van der Waals surface area contributed by atoms with Crippen molar-refractivity contribution in [2.75, 3.05) is 91.6 Å². The van der Waals surface area contributed by atoms with E-state index in [1.807, 2.05) is 0 Å². The van der Waals surface area contributed by atoms with Crippen LogP contribution in [-0.4, -0.2) is 136 Å². The predicted octanol–water partition coefficient (Wildman–Crippen LogP) is 21.1. The number of hydrogen-bond donors (Lipinski definition) is 4. The number of nitrogens with one attached hydrogen (secondary N) is 4. The third-order valence-corrected chi connectivity index (χ3v) is 20.0. The van der Waals surface area contributed by atoms with Crippen molar-refractivity contribution in [2.45, 2.75) is 413 Å². The SMILES string of the molecule is CCCCCCCCCCCCCC(=O)CCN(CCC(=O)CCCCCCCCCCCCC)CCN(CCNCCN(CCC(=O)NCCCCCCCCCCCC)CCC(=O)NCCCCCCCCCCCC)CCC(=O)NCCCCCCCCCCCC. The Morgan fingerprint density at radius 1 is 0.189 bits per heavy atom. The highest BCUT2D eigenvalue weighted by molar-refractivity contribution is 5.79. The van der Waals surface area contributed by atoms with E-state index in [4.69, 9.17) is 0 Å². The molecule has 0 aromatic rings. The molecule has 0 saturated heterocycles. The molecule has 0 unspecified atom stereocenters. The van der Waals surface area contributed by atoms with Gasteiger partial charge in [-0.25, -0.2) is 0 Å². The Labute approximate surface area is 591 Å². The highest BCUT2D eigenvalue weighted by Gasteiger charge is 2.17. The number of ketones is 2. The number of Topliss-reactive ketones (excluding diaryl/α,β-unsaturated/α-hetero) is 2. The largest absolute Gasteiger partial charge is 0.356 e. The average Bonchev–Trinajstić information content (AvgIpc) is 3.73. The van der Waals surface area contributed by atoms with Gasteiger partial charge in [0.15, 0.2) is 0 Å². The van der Waals surface area contributed by atoms with Crippen LogP contribution in [0.5, 0.6) is 0 Å². The lowest BCUT2D eigenvalue weighted by atomic mass is 10.0. The molecule has 0 atom stereocenters. The van der Waals surface area contributed by atoms with Crippen LogP contribution in [0.3, 0.4) is 0 Å². The molecule has 0 aromatic heterocycles. The van der Waals surface area contributed by atoms with Gasteiger partial charge in [-0.2, -0.15) is 0 Å². The van der Waals surface area contributed by atoms with E-state index in [0.717, 1.165) is 123 Å². The Balaban J connectivity index is 5.83.